The molecule has 1 fully saturated rings. The van der Waals surface area contributed by atoms with Gasteiger partial charge in [0.25, 0.3) is 0 Å². The Kier molecular flexibility index (Phi) is 2.17. The van der Waals surface area contributed by atoms with E-state index in [9.17, 15) is 0 Å². The SMILES string of the molecule is CC1OC[Si](C)(C)OC1C. The first-order valence-electron chi connectivity index (χ1n) is 3.81. The quantitative estimate of drug-likeness (QED) is 0.501. The summed E-state index contributed by atoms with van der Waals surface area (Å²) in [7, 11) is -1.42. The molecule has 0 spiro atoms. The van der Waals surface area contributed by atoms with Gasteiger partial charge in [0.2, 0.25) is 8.32 Å². The van der Waals surface area contributed by atoms with Gasteiger partial charge in [-0.15, -0.1) is 0 Å². The van der Waals surface area contributed by atoms with E-state index in [1.165, 1.54) is 0 Å². The predicted molar refractivity (Wildman–Crippen MR) is 43.4 cm³/mol. The molecule has 1 heterocycles. The van der Waals surface area contributed by atoms with Gasteiger partial charge in [0, 0.05) is 0 Å². The summed E-state index contributed by atoms with van der Waals surface area (Å²) in [6.07, 6.45) is 1.41. The molecule has 0 radical (unpaired) electrons. The summed E-state index contributed by atoms with van der Waals surface area (Å²) in [5.41, 5.74) is 0. The van der Waals surface area contributed by atoms with E-state index < -0.39 is 8.32 Å². The van der Waals surface area contributed by atoms with Crippen LogP contribution in [0.15, 0.2) is 0 Å². The fourth-order valence-corrected chi connectivity index (χ4v) is 3.03. The van der Waals surface area contributed by atoms with Gasteiger partial charge >= 0.3 is 0 Å². The molecule has 0 aliphatic carbocycles. The Morgan fingerprint density at radius 3 is 2.20 bits per heavy atom. The minimum atomic E-state index is -1.42. The largest absolute Gasteiger partial charge is 0.410 e. The number of ether oxygens (including phenoxy) is 1. The summed E-state index contributed by atoms with van der Waals surface area (Å²) in [6.45, 7) is 8.53. The first-order valence-corrected chi connectivity index (χ1v) is 6.92. The Balaban J connectivity index is 2.49. The van der Waals surface area contributed by atoms with Crippen LogP contribution in [0.25, 0.3) is 0 Å². The molecule has 2 nitrogen and oxygen atoms in total. The average molecular weight is 160 g/mol. The van der Waals surface area contributed by atoms with E-state index in [0.29, 0.717) is 0 Å². The average Bonchev–Trinajstić information content (AvgIpc) is 1.79. The van der Waals surface area contributed by atoms with Crippen molar-refractivity contribution in [1.82, 2.24) is 0 Å². The van der Waals surface area contributed by atoms with E-state index in [1.54, 1.807) is 0 Å². The predicted octanol–water partition coefficient (Wildman–Crippen LogP) is 1.55. The molecule has 1 aliphatic rings. The molecular weight excluding hydrogens is 144 g/mol. The maximum atomic E-state index is 5.80. The van der Waals surface area contributed by atoms with Crippen molar-refractivity contribution < 1.29 is 9.16 Å². The summed E-state index contributed by atoms with van der Waals surface area (Å²) in [5, 5.41) is 0. The maximum absolute atomic E-state index is 5.80. The second-order valence-electron chi connectivity index (χ2n) is 3.60. The van der Waals surface area contributed by atoms with Gasteiger partial charge in [-0.1, -0.05) is 0 Å². The fourth-order valence-electron chi connectivity index (χ4n) is 1.10. The van der Waals surface area contributed by atoms with Gasteiger partial charge in [-0.3, -0.25) is 0 Å². The number of rotatable bonds is 0. The maximum Gasteiger partial charge on any atom is 0.212 e. The monoisotopic (exact) mass is 160 g/mol. The molecule has 1 rings (SSSR count). The van der Waals surface area contributed by atoms with Crippen molar-refractivity contribution in [3.8, 4) is 0 Å². The van der Waals surface area contributed by atoms with Crippen LogP contribution in [-0.4, -0.2) is 26.8 Å². The van der Waals surface area contributed by atoms with Crippen molar-refractivity contribution in [2.45, 2.75) is 39.1 Å². The van der Waals surface area contributed by atoms with Gasteiger partial charge in [0.15, 0.2) is 0 Å². The van der Waals surface area contributed by atoms with Crippen LogP contribution in [0.2, 0.25) is 13.1 Å². The van der Waals surface area contributed by atoms with Gasteiger partial charge in [-0.05, 0) is 26.9 Å². The Bertz CT molecular complexity index is 125. The molecule has 0 amide bonds. The number of hydrogen-bond donors (Lipinski definition) is 0. The Morgan fingerprint density at radius 1 is 1.20 bits per heavy atom. The van der Waals surface area contributed by atoms with Crippen molar-refractivity contribution in [1.29, 1.82) is 0 Å². The van der Waals surface area contributed by atoms with Gasteiger partial charge in [0.1, 0.15) is 0 Å². The van der Waals surface area contributed by atoms with Gasteiger partial charge in [0.05, 0.1) is 18.4 Å². The minimum absolute atomic E-state index is 0.278. The van der Waals surface area contributed by atoms with E-state index in [2.05, 4.69) is 26.9 Å². The lowest BCUT2D eigenvalue weighted by Crippen LogP contribution is -2.50. The zero-order valence-corrected chi connectivity index (χ0v) is 8.18. The molecule has 1 aliphatic heterocycles. The van der Waals surface area contributed by atoms with Crippen molar-refractivity contribution in [2.24, 2.45) is 0 Å². The Morgan fingerprint density at radius 2 is 1.80 bits per heavy atom. The van der Waals surface area contributed by atoms with Crippen LogP contribution in [0.4, 0.5) is 0 Å². The lowest BCUT2D eigenvalue weighted by molar-refractivity contribution is -0.0326. The molecule has 1 saturated heterocycles. The summed E-state index contributed by atoms with van der Waals surface area (Å²) in [6, 6.07) is 0. The first kappa shape index (κ1) is 8.24. The number of hydrogen-bond acceptors (Lipinski definition) is 2. The zero-order valence-electron chi connectivity index (χ0n) is 7.18. The Labute approximate surface area is 63.7 Å². The van der Waals surface area contributed by atoms with Crippen LogP contribution in [0.3, 0.4) is 0 Å². The van der Waals surface area contributed by atoms with Crippen molar-refractivity contribution >= 4 is 8.32 Å². The second-order valence-corrected chi connectivity index (χ2v) is 7.64. The molecule has 2 unspecified atom stereocenters. The molecule has 60 valence electrons. The van der Waals surface area contributed by atoms with Gasteiger partial charge in [-0.25, -0.2) is 0 Å². The second kappa shape index (κ2) is 2.64. The minimum Gasteiger partial charge on any atom is -0.410 e. The molecule has 0 saturated carbocycles. The van der Waals surface area contributed by atoms with E-state index in [4.69, 9.17) is 9.16 Å². The molecular formula is C7H16O2Si. The van der Waals surface area contributed by atoms with Crippen molar-refractivity contribution in [3.05, 3.63) is 0 Å². The van der Waals surface area contributed by atoms with Crippen LogP contribution in [0, 0.1) is 0 Å². The van der Waals surface area contributed by atoms with E-state index in [0.717, 1.165) is 6.23 Å². The normalized spacial score (nSPS) is 39.6. The molecule has 0 N–H and O–H groups in total. The summed E-state index contributed by atoms with van der Waals surface area (Å²) < 4.78 is 11.3. The van der Waals surface area contributed by atoms with Crippen LogP contribution in [0.1, 0.15) is 13.8 Å². The highest BCUT2D eigenvalue weighted by Crippen LogP contribution is 2.18. The third-order valence-corrected chi connectivity index (χ3v) is 3.73. The highest BCUT2D eigenvalue weighted by atomic mass is 28.4. The fraction of sp³-hybridized carbons (Fsp3) is 1.00. The Hall–Kier alpha value is 0.137. The van der Waals surface area contributed by atoms with E-state index in [-0.39, 0.29) is 12.2 Å². The van der Waals surface area contributed by atoms with Crippen LogP contribution in [0.5, 0.6) is 0 Å². The topological polar surface area (TPSA) is 18.5 Å². The molecule has 0 aromatic rings. The third kappa shape index (κ3) is 1.81. The molecule has 0 aromatic carbocycles. The van der Waals surface area contributed by atoms with Crippen LogP contribution < -0.4 is 0 Å². The van der Waals surface area contributed by atoms with Crippen molar-refractivity contribution in [3.63, 3.8) is 0 Å². The van der Waals surface area contributed by atoms with Crippen molar-refractivity contribution in [2.75, 3.05) is 6.23 Å². The first-order chi connectivity index (χ1) is 4.51. The smallest absolute Gasteiger partial charge is 0.212 e. The highest BCUT2D eigenvalue weighted by molar-refractivity contribution is 6.71. The van der Waals surface area contributed by atoms with Gasteiger partial charge in [-0.2, -0.15) is 0 Å². The highest BCUT2D eigenvalue weighted by Gasteiger charge is 2.33. The van der Waals surface area contributed by atoms with Gasteiger partial charge < -0.3 is 9.16 Å². The lowest BCUT2D eigenvalue weighted by Gasteiger charge is -2.36. The summed E-state index contributed by atoms with van der Waals surface area (Å²) >= 11 is 0. The third-order valence-electron chi connectivity index (χ3n) is 1.86. The molecule has 2 atom stereocenters. The standard InChI is InChI=1S/C7H16O2Si/c1-6-7(2)9-10(3,4)5-8-6/h6-7H,5H2,1-4H3. The van der Waals surface area contributed by atoms with E-state index in [1.807, 2.05) is 0 Å². The molecule has 0 bridgehead atoms. The lowest BCUT2D eigenvalue weighted by atomic mass is 10.3. The van der Waals surface area contributed by atoms with Crippen LogP contribution in [-0.2, 0) is 9.16 Å². The summed E-state index contributed by atoms with van der Waals surface area (Å²) in [5.74, 6) is 0. The zero-order chi connectivity index (χ0) is 7.78. The molecule has 0 aromatic heterocycles. The molecule has 3 heteroatoms. The van der Waals surface area contributed by atoms with Crippen LogP contribution >= 0.6 is 0 Å². The molecule has 10 heavy (non-hydrogen) atoms. The summed E-state index contributed by atoms with van der Waals surface area (Å²) in [4.78, 5) is 0. The van der Waals surface area contributed by atoms with E-state index >= 15 is 0 Å².